The van der Waals surface area contributed by atoms with Crippen molar-refractivity contribution >= 4 is 11.3 Å². The standard InChI is InChI=1S/C7H7NOS/c1-3-7(2,9)6-8-4-5-10-6/h1,4-5,9H,2H3/t7-/m1/s1. The number of aliphatic hydroxyl groups is 1. The quantitative estimate of drug-likeness (QED) is 0.610. The first-order chi connectivity index (χ1) is 4.67. The Morgan fingerprint density at radius 3 is 3.00 bits per heavy atom. The molecule has 0 radical (unpaired) electrons. The van der Waals surface area contributed by atoms with Gasteiger partial charge in [0.05, 0.1) is 0 Å². The van der Waals surface area contributed by atoms with Crippen LogP contribution in [0.2, 0.25) is 0 Å². The van der Waals surface area contributed by atoms with Gasteiger partial charge in [0.25, 0.3) is 0 Å². The number of hydrogen-bond acceptors (Lipinski definition) is 3. The summed E-state index contributed by atoms with van der Waals surface area (Å²) in [6, 6.07) is 0. The van der Waals surface area contributed by atoms with E-state index in [1.165, 1.54) is 11.3 Å². The Labute approximate surface area is 63.5 Å². The smallest absolute Gasteiger partial charge is 0.174 e. The molecule has 0 unspecified atom stereocenters. The van der Waals surface area contributed by atoms with Crippen molar-refractivity contribution in [2.45, 2.75) is 12.5 Å². The van der Waals surface area contributed by atoms with Gasteiger partial charge in [-0.05, 0) is 6.92 Å². The minimum Gasteiger partial charge on any atom is -0.371 e. The number of thiazole rings is 1. The van der Waals surface area contributed by atoms with E-state index >= 15 is 0 Å². The maximum absolute atomic E-state index is 9.40. The first-order valence-corrected chi connectivity index (χ1v) is 3.65. The number of rotatable bonds is 1. The molecule has 1 aromatic heterocycles. The minimum absolute atomic E-state index is 0.565. The van der Waals surface area contributed by atoms with E-state index in [4.69, 9.17) is 6.42 Å². The highest BCUT2D eigenvalue weighted by atomic mass is 32.1. The van der Waals surface area contributed by atoms with E-state index in [9.17, 15) is 5.11 Å². The van der Waals surface area contributed by atoms with Crippen LogP contribution in [0, 0.1) is 12.3 Å². The third kappa shape index (κ3) is 1.18. The minimum atomic E-state index is -1.20. The van der Waals surface area contributed by atoms with Gasteiger partial charge in [-0.2, -0.15) is 0 Å². The average Bonchev–Trinajstić information content (AvgIpc) is 2.38. The average molecular weight is 153 g/mol. The van der Waals surface area contributed by atoms with Crippen molar-refractivity contribution in [2.75, 3.05) is 0 Å². The molecule has 1 atom stereocenters. The van der Waals surface area contributed by atoms with Crippen LogP contribution in [0.3, 0.4) is 0 Å². The van der Waals surface area contributed by atoms with E-state index in [1.54, 1.807) is 18.5 Å². The Hall–Kier alpha value is -0.850. The molecule has 1 N–H and O–H groups in total. The van der Waals surface area contributed by atoms with E-state index in [0.29, 0.717) is 5.01 Å². The highest BCUT2D eigenvalue weighted by Crippen LogP contribution is 2.20. The summed E-state index contributed by atoms with van der Waals surface area (Å²) in [7, 11) is 0. The van der Waals surface area contributed by atoms with Crippen LogP contribution in [-0.4, -0.2) is 10.1 Å². The molecule has 3 heteroatoms. The van der Waals surface area contributed by atoms with Crippen LogP contribution in [0.4, 0.5) is 0 Å². The lowest BCUT2D eigenvalue weighted by Crippen LogP contribution is -2.17. The van der Waals surface area contributed by atoms with Gasteiger partial charge in [-0.3, -0.25) is 0 Å². The van der Waals surface area contributed by atoms with Gasteiger partial charge in [-0.25, -0.2) is 4.98 Å². The predicted molar refractivity (Wildman–Crippen MR) is 40.5 cm³/mol. The predicted octanol–water partition coefficient (Wildman–Crippen LogP) is 0.984. The molecule has 0 aliphatic heterocycles. The second kappa shape index (κ2) is 2.41. The largest absolute Gasteiger partial charge is 0.371 e. The SMILES string of the molecule is C#C[C@@](C)(O)c1nccs1. The zero-order valence-electron chi connectivity index (χ0n) is 5.53. The number of terminal acetylenes is 1. The maximum atomic E-state index is 9.40. The van der Waals surface area contributed by atoms with Gasteiger partial charge in [-0.15, -0.1) is 17.8 Å². The van der Waals surface area contributed by atoms with E-state index in [-0.39, 0.29) is 0 Å². The first-order valence-electron chi connectivity index (χ1n) is 2.77. The van der Waals surface area contributed by atoms with Gasteiger partial charge < -0.3 is 5.11 Å². The van der Waals surface area contributed by atoms with E-state index < -0.39 is 5.60 Å². The first kappa shape index (κ1) is 7.26. The van der Waals surface area contributed by atoms with Crippen LogP contribution in [0.25, 0.3) is 0 Å². The van der Waals surface area contributed by atoms with Crippen molar-refractivity contribution < 1.29 is 5.11 Å². The third-order valence-electron chi connectivity index (χ3n) is 1.13. The molecular formula is C7H7NOS. The van der Waals surface area contributed by atoms with E-state index in [1.807, 2.05) is 0 Å². The fraction of sp³-hybridized carbons (Fsp3) is 0.286. The summed E-state index contributed by atoms with van der Waals surface area (Å²) in [6.07, 6.45) is 6.68. The molecule has 52 valence electrons. The molecule has 0 bridgehead atoms. The topological polar surface area (TPSA) is 33.1 Å². The maximum Gasteiger partial charge on any atom is 0.174 e. The third-order valence-corrected chi connectivity index (χ3v) is 2.11. The van der Waals surface area contributed by atoms with Crippen molar-refractivity contribution in [3.63, 3.8) is 0 Å². The fourth-order valence-electron chi connectivity index (χ4n) is 0.526. The van der Waals surface area contributed by atoms with Crippen molar-refractivity contribution in [1.82, 2.24) is 4.98 Å². The van der Waals surface area contributed by atoms with Crippen molar-refractivity contribution in [3.8, 4) is 12.3 Å². The molecule has 0 aliphatic rings. The number of nitrogens with zero attached hydrogens (tertiary/aromatic N) is 1. The van der Waals surface area contributed by atoms with Crippen LogP contribution >= 0.6 is 11.3 Å². The van der Waals surface area contributed by atoms with Gasteiger partial charge >= 0.3 is 0 Å². The molecule has 1 heterocycles. The molecule has 2 nitrogen and oxygen atoms in total. The summed E-state index contributed by atoms with van der Waals surface area (Å²) < 4.78 is 0. The van der Waals surface area contributed by atoms with Crippen LogP contribution in [0.5, 0.6) is 0 Å². The molecule has 0 amide bonds. The monoisotopic (exact) mass is 153 g/mol. The second-order valence-corrected chi connectivity index (χ2v) is 2.95. The lowest BCUT2D eigenvalue weighted by molar-refractivity contribution is 0.122. The van der Waals surface area contributed by atoms with Crippen molar-refractivity contribution in [2.24, 2.45) is 0 Å². The van der Waals surface area contributed by atoms with Gasteiger partial charge in [0.2, 0.25) is 0 Å². The van der Waals surface area contributed by atoms with Gasteiger partial charge in [-0.1, -0.05) is 5.92 Å². The zero-order valence-corrected chi connectivity index (χ0v) is 6.35. The molecule has 0 aromatic carbocycles. The molecule has 0 spiro atoms. The molecule has 0 saturated heterocycles. The molecular weight excluding hydrogens is 146 g/mol. The Morgan fingerprint density at radius 2 is 2.60 bits per heavy atom. The lowest BCUT2D eigenvalue weighted by atomic mass is 10.1. The molecule has 0 fully saturated rings. The van der Waals surface area contributed by atoms with Crippen molar-refractivity contribution in [3.05, 3.63) is 16.6 Å². The van der Waals surface area contributed by atoms with E-state index in [2.05, 4.69) is 10.9 Å². The van der Waals surface area contributed by atoms with Gasteiger partial charge in [0.15, 0.2) is 5.60 Å². The zero-order chi connectivity index (χ0) is 7.61. The Kier molecular flexibility index (Phi) is 1.75. The highest BCUT2D eigenvalue weighted by molar-refractivity contribution is 7.09. The summed E-state index contributed by atoms with van der Waals surface area (Å²) in [5.41, 5.74) is -1.20. The summed E-state index contributed by atoms with van der Waals surface area (Å²) in [5, 5.41) is 11.7. The van der Waals surface area contributed by atoms with Gasteiger partial charge in [0.1, 0.15) is 5.01 Å². The lowest BCUT2D eigenvalue weighted by Gasteiger charge is -2.10. The summed E-state index contributed by atoms with van der Waals surface area (Å²) in [6.45, 7) is 1.55. The van der Waals surface area contributed by atoms with E-state index in [0.717, 1.165) is 0 Å². The summed E-state index contributed by atoms with van der Waals surface area (Å²) in [5.74, 6) is 2.25. The summed E-state index contributed by atoms with van der Waals surface area (Å²) >= 11 is 1.35. The Morgan fingerprint density at radius 1 is 1.90 bits per heavy atom. The van der Waals surface area contributed by atoms with Crippen LogP contribution in [-0.2, 0) is 5.60 Å². The number of aromatic nitrogens is 1. The second-order valence-electron chi connectivity index (χ2n) is 2.05. The Bertz CT molecular complexity index is 245. The van der Waals surface area contributed by atoms with Crippen LogP contribution < -0.4 is 0 Å². The van der Waals surface area contributed by atoms with Crippen LogP contribution in [0.1, 0.15) is 11.9 Å². The summed E-state index contributed by atoms with van der Waals surface area (Å²) in [4.78, 5) is 3.88. The molecule has 10 heavy (non-hydrogen) atoms. The Balaban J connectivity index is 2.99. The molecule has 0 aliphatic carbocycles. The fourth-order valence-corrected chi connectivity index (χ4v) is 1.19. The number of hydrogen-bond donors (Lipinski definition) is 1. The molecule has 0 saturated carbocycles. The molecule has 1 aromatic rings. The highest BCUT2D eigenvalue weighted by Gasteiger charge is 2.21. The van der Waals surface area contributed by atoms with Gasteiger partial charge in [0, 0.05) is 11.6 Å². The molecule has 1 rings (SSSR count). The van der Waals surface area contributed by atoms with Crippen LogP contribution in [0.15, 0.2) is 11.6 Å². The normalized spacial score (nSPS) is 15.7. The van der Waals surface area contributed by atoms with Crippen molar-refractivity contribution in [1.29, 1.82) is 0 Å².